The molecule has 3 aliphatic rings. The molecule has 286 valence electrons. The first-order chi connectivity index (χ1) is 26.6. The topological polar surface area (TPSA) is 109 Å². The summed E-state index contributed by atoms with van der Waals surface area (Å²) in [6, 6.07) is 28.2. The summed E-state index contributed by atoms with van der Waals surface area (Å²) in [5.41, 5.74) is 1.07. The highest BCUT2D eigenvalue weighted by atomic mass is 19.1. The Morgan fingerprint density at radius 2 is 1.55 bits per heavy atom. The maximum absolute atomic E-state index is 15.0. The molecule has 1 aromatic heterocycles. The molecule has 4 aromatic carbocycles. The summed E-state index contributed by atoms with van der Waals surface area (Å²) in [6.45, 7) is 7.44. The average molecular weight is 752 g/mol. The second-order valence-corrected chi connectivity index (χ2v) is 14.4. The number of β-amino-alcohol motifs (C(OH)–C–C–N with tert-alkyl or cyclic N) is 1. The second kappa shape index (κ2) is 14.9. The number of anilines is 3. The van der Waals surface area contributed by atoms with Gasteiger partial charge in [0, 0.05) is 66.5 Å². The maximum atomic E-state index is 15.0. The van der Waals surface area contributed by atoms with E-state index in [9.17, 15) is 18.7 Å². The van der Waals surface area contributed by atoms with E-state index >= 15 is 0 Å². The van der Waals surface area contributed by atoms with Crippen molar-refractivity contribution in [2.75, 3.05) is 60.6 Å². The predicted molar refractivity (Wildman–Crippen MR) is 202 cm³/mol. The van der Waals surface area contributed by atoms with Gasteiger partial charge < -0.3 is 29.1 Å². The van der Waals surface area contributed by atoms with Gasteiger partial charge in [-0.25, -0.2) is 23.2 Å². The molecule has 12 nitrogen and oxygen atoms in total. The number of carbonyl (C=O) groups is 1. The number of hydrogen-bond acceptors (Lipinski definition) is 9. The molecule has 1 N–H and O–H groups in total. The molecular weight excluding hydrogens is 708 g/mol. The Kier molecular flexibility index (Phi) is 9.88. The Morgan fingerprint density at radius 1 is 0.891 bits per heavy atom. The summed E-state index contributed by atoms with van der Waals surface area (Å²) < 4.78 is 48.4. The van der Waals surface area contributed by atoms with Crippen LogP contribution < -0.4 is 19.4 Å². The van der Waals surface area contributed by atoms with Crippen LogP contribution in [0.4, 0.5) is 30.6 Å². The maximum Gasteiger partial charge on any atom is 0.327 e. The summed E-state index contributed by atoms with van der Waals surface area (Å²) >= 11 is 0. The zero-order chi connectivity index (χ0) is 38.2. The first-order valence-electron chi connectivity index (χ1n) is 18.4. The van der Waals surface area contributed by atoms with E-state index in [1.807, 2.05) is 92.7 Å². The highest BCUT2D eigenvalue weighted by Crippen LogP contribution is 2.39. The number of carbonyl (C=O) groups excluding carboxylic acids is 1. The van der Waals surface area contributed by atoms with Crippen molar-refractivity contribution in [3.05, 3.63) is 132 Å². The van der Waals surface area contributed by atoms with E-state index in [0.29, 0.717) is 11.3 Å². The van der Waals surface area contributed by atoms with Crippen LogP contribution in [-0.2, 0) is 27.3 Å². The van der Waals surface area contributed by atoms with E-state index in [-0.39, 0.29) is 43.9 Å². The summed E-state index contributed by atoms with van der Waals surface area (Å²) in [7, 11) is 0. The lowest BCUT2D eigenvalue weighted by Gasteiger charge is -2.37. The van der Waals surface area contributed by atoms with Crippen molar-refractivity contribution >= 4 is 23.1 Å². The van der Waals surface area contributed by atoms with Crippen LogP contribution in [0, 0.1) is 11.6 Å². The molecule has 0 aliphatic carbocycles. The van der Waals surface area contributed by atoms with Gasteiger partial charge in [0.15, 0.2) is 12.0 Å². The number of rotatable bonds is 11. The predicted octanol–water partition coefficient (Wildman–Crippen LogP) is 5.73. The molecular formula is C41H43F2N7O5. The molecule has 2 amide bonds. The number of urea groups is 1. The third-order valence-electron chi connectivity index (χ3n) is 10.5. The van der Waals surface area contributed by atoms with Gasteiger partial charge in [-0.2, -0.15) is 5.10 Å². The molecule has 0 saturated carbocycles. The van der Waals surface area contributed by atoms with Crippen molar-refractivity contribution in [2.45, 2.75) is 44.1 Å². The van der Waals surface area contributed by atoms with Gasteiger partial charge in [0.1, 0.15) is 42.2 Å². The molecule has 0 bridgehead atoms. The van der Waals surface area contributed by atoms with Crippen LogP contribution in [0.5, 0.6) is 5.75 Å². The van der Waals surface area contributed by atoms with E-state index in [1.165, 1.54) is 29.5 Å². The fourth-order valence-electron chi connectivity index (χ4n) is 7.80. The lowest BCUT2D eigenvalue weighted by Crippen LogP contribution is -2.48. The Balaban J connectivity index is 0.851. The van der Waals surface area contributed by atoms with Gasteiger partial charge in [-0.3, -0.25) is 9.80 Å². The molecule has 55 heavy (non-hydrogen) atoms. The molecule has 1 unspecified atom stereocenters. The van der Waals surface area contributed by atoms with Crippen molar-refractivity contribution < 1.29 is 32.9 Å². The highest BCUT2D eigenvalue weighted by Gasteiger charge is 2.51. The fourth-order valence-corrected chi connectivity index (χ4v) is 7.80. The third kappa shape index (κ3) is 7.20. The smallest absolute Gasteiger partial charge is 0.327 e. The Labute approximate surface area is 318 Å². The highest BCUT2D eigenvalue weighted by molar-refractivity contribution is 5.95. The zero-order valence-corrected chi connectivity index (χ0v) is 30.7. The molecule has 5 aromatic rings. The van der Waals surface area contributed by atoms with Crippen molar-refractivity contribution in [3.8, 4) is 5.75 Å². The molecule has 14 heteroatoms. The number of piperazine rings is 1. The first-order valence-corrected chi connectivity index (χ1v) is 18.4. The minimum atomic E-state index is -1.43. The SMILES string of the molecule is CC(C)N1C(=O)N(c2ccc(N3CCN(c4ccc(OC[C@H]5OC[C@](Cn6cncn6)(c6ccc(F)cc6F)O5)cc4)CC3)cc2)CC1(O)c1ccccc1. The fraction of sp³-hybridized carbons (Fsp3) is 0.341. The zero-order valence-electron chi connectivity index (χ0n) is 30.7. The molecule has 3 atom stereocenters. The van der Waals surface area contributed by atoms with Gasteiger partial charge in [-0.15, -0.1) is 0 Å². The minimum Gasteiger partial charge on any atom is -0.488 e. The van der Waals surface area contributed by atoms with Gasteiger partial charge in [0.25, 0.3) is 0 Å². The number of hydrogen-bond donors (Lipinski definition) is 1. The number of ether oxygens (including phenoxy) is 3. The molecule has 0 spiro atoms. The number of halogens is 2. The molecule has 8 rings (SSSR count). The number of nitrogens with zero attached hydrogens (tertiary/aromatic N) is 7. The third-order valence-corrected chi connectivity index (χ3v) is 10.5. The Morgan fingerprint density at radius 3 is 2.16 bits per heavy atom. The van der Waals surface area contributed by atoms with Gasteiger partial charge in [0.2, 0.25) is 0 Å². The van der Waals surface area contributed by atoms with Crippen LogP contribution in [-0.4, -0.2) is 89.1 Å². The lowest BCUT2D eigenvalue weighted by molar-refractivity contribution is -0.117. The minimum absolute atomic E-state index is 0.0206. The summed E-state index contributed by atoms with van der Waals surface area (Å²) in [6.07, 6.45) is 2.09. The number of amides is 2. The second-order valence-electron chi connectivity index (χ2n) is 14.4. The van der Waals surface area contributed by atoms with E-state index in [2.05, 4.69) is 19.9 Å². The van der Waals surface area contributed by atoms with Crippen LogP contribution in [0.25, 0.3) is 0 Å². The number of aliphatic hydroxyl groups is 1. The van der Waals surface area contributed by atoms with Crippen molar-refractivity contribution in [1.82, 2.24) is 19.7 Å². The van der Waals surface area contributed by atoms with Gasteiger partial charge >= 0.3 is 6.03 Å². The van der Waals surface area contributed by atoms with E-state index < -0.39 is 29.3 Å². The van der Waals surface area contributed by atoms with Gasteiger partial charge in [0.05, 0.1) is 19.7 Å². The standard InChI is InChI=1S/C41H43F2N7O5/c1-29(2)50-39(51)49(25-41(50,52)30-6-4-3-5-7-30)34-11-9-32(10-12-34)46-18-20-47(21-19-46)33-13-15-35(16-14-33)53-23-38-54-26-40(55-38,24-48-28-44-27-45-48)36-17-8-31(42)22-37(36)43/h3-17,22,27-29,38,52H,18-21,23-26H2,1-2H3/t38-,40+,41?/m0/s1. The molecule has 3 saturated heterocycles. The van der Waals surface area contributed by atoms with Crippen molar-refractivity contribution in [2.24, 2.45) is 0 Å². The largest absolute Gasteiger partial charge is 0.488 e. The lowest BCUT2D eigenvalue weighted by atomic mass is 9.94. The Bertz CT molecular complexity index is 2080. The van der Waals surface area contributed by atoms with Crippen LogP contribution in [0.1, 0.15) is 25.0 Å². The van der Waals surface area contributed by atoms with Crippen LogP contribution in [0.3, 0.4) is 0 Å². The molecule has 3 aliphatic heterocycles. The van der Waals surface area contributed by atoms with Crippen LogP contribution >= 0.6 is 0 Å². The summed E-state index contributed by atoms with van der Waals surface area (Å²) in [5.74, 6) is -0.777. The van der Waals surface area contributed by atoms with Gasteiger partial charge in [-0.05, 0) is 68.4 Å². The average Bonchev–Trinajstić information content (AvgIpc) is 3.93. The van der Waals surface area contributed by atoms with E-state index in [4.69, 9.17) is 14.2 Å². The monoisotopic (exact) mass is 751 g/mol. The summed E-state index contributed by atoms with van der Waals surface area (Å²) in [5, 5.41) is 15.9. The van der Waals surface area contributed by atoms with Crippen molar-refractivity contribution in [3.63, 3.8) is 0 Å². The molecule has 4 heterocycles. The summed E-state index contributed by atoms with van der Waals surface area (Å²) in [4.78, 5) is 25.4. The molecule has 3 fully saturated rings. The normalized spacial score (nSPS) is 22.9. The first kappa shape index (κ1) is 36.4. The van der Waals surface area contributed by atoms with E-state index in [0.717, 1.165) is 49.3 Å². The van der Waals surface area contributed by atoms with Gasteiger partial charge in [-0.1, -0.05) is 36.4 Å². The Hall–Kier alpha value is -5.57. The quantitative estimate of drug-likeness (QED) is 0.181. The van der Waals surface area contributed by atoms with E-state index in [1.54, 1.807) is 9.80 Å². The van der Waals surface area contributed by atoms with Crippen LogP contribution in [0.2, 0.25) is 0 Å². The van der Waals surface area contributed by atoms with Crippen LogP contribution in [0.15, 0.2) is 110 Å². The van der Waals surface area contributed by atoms with Crippen molar-refractivity contribution in [1.29, 1.82) is 0 Å². The number of aromatic nitrogens is 3. The molecule has 0 radical (unpaired) electrons. The number of benzene rings is 4.